The quantitative estimate of drug-likeness (QED) is 0.836. The van der Waals surface area contributed by atoms with Gasteiger partial charge in [-0.15, -0.1) is 0 Å². The number of hydrogen-bond acceptors (Lipinski definition) is 2. The minimum atomic E-state index is 0.0335. The summed E-state index contributed by atoms with van der Waals surface area (Å²) in [5, 5.41) is 0. The van der Waals surface area contributed by atoms with E-state index in [9.17, 15) is 4.79 Å². The van der Waals surface area contributed by atoms with Crippen molar-refractivity contribution in [3.05, 3.63) is 35.9 Å². The van der Waals surface area contributed by atoms with Crippen molar-refractivity contribution in [2.45, 2.75) is 19.4 Å². The van der Waals surface area contributed by atoms with Gasteiger partial charge in [-0.2, -0.15) is 0 Å². The van der Waals surface area contributed by atoms with Crippen molar-refractivity contribution in [3.8, 4) is 0 Å². The average Bonchev–Trinajstić information content (AvgIpc) is 2.70. The number of carbonyl (C=O) groups excluding carboxylic acids is 1. The highest BCUT2D eigenvalue weighted by Crippen LogP contribution is 2.27. The van der Waals surface area contributed by atoms with E-state index >= 15 is 0 Å². The third-order valence-corrected chi connectivity index (χ3v) is 3.38. The van der Waals surface area contributed by atoms with Gasteiger partial charge in [0.15, 0.2) is 0 Å². The van der Waals surface area contributed by atoms with Crippen molar-refractivity contribution >= 4 is 5.91 Å². The summed E-state index contributed by atoms with van der Waals surface area (Å²) in [7, 11) is 0. The zero-order valence-corrected chi connectivity index (χ0v) is 9.60. The second kappa shape index (κ2) is 4.66. The molecule has 0 spiro atoms. The summed E-state index contributed by atoms with van der Waals surface area (Å²) in [6.45, 7) is 3.37. The molecule has 3 heteroatoms. The number of benzene rings is 1. The van der Waals surface area contributed by atoms with Crippen LogP contribution in [0.15, 0.2) is 30.3 Å². The summed E-state index contributed by atoms with van der Waals surface area (Å²) in [5.74, 6) is 0.241. The molecule has 2 N–H and O–H groups in total. The summed E-state index contributed by atoms with van der Waals surface area (Å²) in [6, 6.07) is 10.3. The maximum absolute atomic E-state index is 12.0. The minimum absolute atomic E-state index is 0.0335. The summed E-state index contributed by atoms with van der Waals surface area (Å²) >= 11 is 0. The molecule has 86 valence electrons. The Morgan fingerprint density at radius 2 is 2.12 bits per heavy atom. The monoisotopic (exact) mass is 218 g/mol. The topological polar surface area (TPSA) is 46.3 Å². The van der Waals surface area contributed by atoms with E-state index in [0.717, 1.165) is 13.0 Å². The van der Waals surface area contributed by atoms with Crippen LogP contribution in [0, 0.1) is 5.92 Å². The van der Waals surface area contributed by atoms with E-state index < -0.39 is 0 Å². The Morgan fingerprint density at radius 1 is 1.44 bits per heavy atom. The van der Waals surface area contributed by atoms with Gasteiger partial charge < -0.3 is 10.6 Å². The first kappa shape index (κ1) is 11.1. The Hall–Kier alpha value is -1.35. The molecule has 1 aromatic rings. The molecule has 0 aromatic heterocycles. The molecule has 1 fully saturated rings. The lowest BCUT2D eigenvalue weighted by Crippen LogP contribution is -2.32. The highest BCUT2D eigenvalue weighted by Gasteiger charge is 2.33. The van der Waals surface area contributed by atoms with Gasteiger partial charge in [0, 0.05) is 13.1 Å². The van der Waals surface area contributed by atoms with Gasteiger partial charge in [-0.05, 0) is 18.9 Å². The van der Waals surface area contributed by atoms with Gasteiger partial charge in [0.05, 0.1) is 12.0 Å². The van der Waals surface area contributed by atoms with Crippen LogP contribution in [-0.4, -0.2) is 23.9 Å². The minimum Gasteiger partial charge on any atom is -0.336 e. The third-order valence-electron chi connectivity index (χ3n) is 3.38. The SMILES string of the molecule is CC(c1ccccc1)N1CC[C@H](CN)C1=O. The number of carbonyl (C=O) groups is 1. The predicted octanol–water partition coefficient (Wildman–Crippen LogP) is 1.55. The number of nitrogens with zero attached hydrogens (tertiary/aromatic N) is 1. The fraction of sp³-hybridized carbons (Fsp3) is 0.462. The van der Waals surface area contributed by atoms with E-state index in [2.05, 4.69) is 19.1 Å². The van der Waals surface area contributed by atoms with Crippen molar-refractivity contribution in [3.63, 3.8) is 0 Å². The molecule has 2 atom stereocenters. The highest BCUT2D eigenvalue weighted by molar-refractivity contribution is 5.81. The van der Waals surface area contributed by atoms with Gasteiger partial charge in [-0.1, -0.05) is 30.3 Å². The molecule has 0 aliphatic carbocycles. The van der Waals surface area contributed by atoms with Gasteiger partial charge in [-0.3, -0.25) is 4.79 Å². The van der Waals surface area contributed by atoms with Crippen molar-refractivity contribution in [2.75, 3.05) is 13.1 Å². The van der Waals surface area contributed by atoms with Crippen LogP contribution < -0.4 is 5.73 Å². The van der Waals surface area contributed by atoms with Crippen molar-refractivity contribution < 1.29 is 4.79 Å². The van der Waals surface area contributed by atoms with Crippen molar-refractivity contribution in [2.24, 2.45) is 11.7 Å². The van der Waals surface area contributed by atoms with Crippen LogP contribution >= 0.6 is 0 Å². The lowest BCUT2D eigenvalue weighted by atomic mass is 10.1. The van der Waals surface area contributed by atoms with Crippen LogP contribution in [-0.2, 0) is 4.79 Å². The molecule has 1 aliphatic rings. The fourth-order valence-electron chi connectivity index (χ4n) is 2.28. The Kier molecular flexibility index (Phi) is 3.25. The molecule has 3 nitrogen and oxygen atoms in total. The summed E-state index contributed by atoms with van der Waals surface area (Å²) in [4.78, 5) is 13.9. The van der Waals surface area contributed by atoms with Crippen molar-refractivity contribution in [1.82, 2.24) is 4.90 Å². The molecule has 0 bridgehead atoms. The maximum atomic E-state index is 12.0. The molecule has 0 radical (unpaired) electrons. The summed E-state index contributed by atoms with van der Waals surface area (Å²) in [5.41, 5.74) is 6.77. The standard InChI is InChI=1S/C13H18N2O/c1-10(11-5-3-2-4-6-11)15-8-7-12(9-14)13(15)16/h2-6,10,12H,7-9,14H2,1H3/t10?,12-/m1/s1. The Bertz CT molecular complexity index is 363. The molecule has 16 heavy (non-hydrogen) atoms. The highest BCUT2D eigenvalue weighted by atomic mass is 16.2. The lowest BCUT2D eigenvalue weighted by Gasteiger charge is -2.25. The molecule has 1 amide bonds. The summed E-state index contributed by atoms with van der Waals surface area (Å²) < 4.78 is 0. The molecule has 0 saturated carbocycles. The summed E-state index contributed by atoms with van der Waals surface area (Å²) in [6.07, 6.45) is 0.895. The average molecular weight is 218 g/mol. The van der Waals surface area contributed by atoms with Crippen LogP contribution in [0.3, 0.4) is 0 Å². The number of rotatable bonds is 3. The van der Waals surface area contributed by atoms with Gasteiger partial charge in [0.2, 0.25) is 5.91 Å². The second-order valence-electron chi connectivity index (χ2n) is 4.34. The van der Waals surface area contributed by atoms with Gasteiger partial charge in [-0.25, -0.2) is 0 Å². The van der Waals surface area contributed by atoms with Crippen LogP contribution in [0.2, 0.25) is 0 Å². The zero-order chi connectivity index (χ0) is 11.5. The number of likely N-dealkylation sites (tertiary alicyclic amines) is 1. The third kappa shape index (κ3) is 1.95. The number of amides is 1. The molecule has 1 aliphatic heterocycles. The first-order valence-electron chi connectivity index (χ1n) is 5.79. The Morgan fingerprint density at radius 3 is 2.69 bits per heavy atom. The molecule has 1 saturated heterocycles. The van der Waals surface area contributed by atoms with Gasteiger partial charge in [0.25, 0.3) is 0 Å². The van der Waals surface area contributed by atoms with Gasteiger partial charge >= 0.3 is 0 Å². The van der Waals surface area contributed by atoms with Crippen LogP contribution in [0.1, 0.15) is 24.9 Å². The smallest absolute Gasteiger partial charge is 0.227 e. The molecular formula is C13H18N2O. The first-order chi connectivity index (χ1) is 7.74. The zero-order valence-electron chi connectivity index (χ0n) is 9.60. The van der Waals surface area contributed by atoms with E-state index in [4.69, 9.17) is 5.73 Å². The molecular weight excluding hydrogens is 200 g/mol. The predicted molar refractivity (Wildman–Crippen MR) is 63.7 cm³/mol. The van der Waals surface area contributed by atoms with E-state index in [-0.39, 0.29) is 17.9 Å². The lowest BCUT2D eigenvalue weighted by molar-refractivity contribution is -0.132. The van der Waals surface area contributed by atoms with Crippen LogP contribution in [0.25, 0.3) is 0 Å². The second-order valence-corrected chi connectivity index (χ2v) is 4.34. The van der Waals surface area contributed by atoms with Crippen LogP contribution in [0.5, 0.6) is 0 Å². The maximum Gasteiger partial charge on any atom is 0.227 e. The Labute approximate surface area is 96.2 Å². The van der Waals surface area contributed by atoms with Gasteiger partial charge in [0.1, 0.15) is 0 Å². The van der Waals surface area contributed by atoms with Crippen molar-refractivity contribution in [1.29, 1.82) is 0 Å². The van der Waals surface area contributed by atoms with E-state index in [1.54, 1.807) is 0 Å². The Balaban J connectivity index is 2.12. The van der Waals surface area contributed by atoms with E-state index in [1.807, 2.05) is 23.1 Å². The van der Waals surface area contributed by atoms with E-state index in [1.165, 1.54) is 5.56 Å². The number of hydrogen-bond donors (Lipinski definition) is 1. The number of nitrogens with two attached hydrogens (primary N) is 1. The molecule has 1 aromatic carbocycles. The largest absolute Gasteiger partial charge is 0.336 e. The molecule has 1 heterocycles. The normalized spacial score (nSPS) is 22.5. The van der Waals surface area contributed by atoms with E-state index in [0.29, 0.717) is 6.54 Å². The molecule has 1 unspecified atom stereocenters. The molecule has 2 rings (SSSR count). The van der Waals surface area contributed by atoms with Crippen LogP contribution in [0.4, 0.5) is 0 Å². The first-order valence-corrected chi connectivity index (χ1v) is 5.79. The fourth-order valence-corrected chi connectivity index (χ4v) is 2.28.